The molecule has 6 nitrogen and oxygen atoms in total. The van der Waals surface area contributed by atoms with Gasteiger partial charge in [-0.15, -0.1) is 0 Å². The van der Waals surface area contributed by atoms with Crippen LogP contribution in [0, 0.1) is 11.8 Å². The van der Waals surface area contributed by atoms with Gasteiger partial charge in [-0.05, 0) is 30.3 Å². The lowest BCUT2D eigenvalue weighted by Gasteiger charge is -2.35. The van der Waals surface area contributed by atoms with Crippen LogP contribution < -0.4 is 9.64 Å². The topological polar surface area (TPSA) is 58.6 Å². The number of hydrogen-bond acceptors (Lipinski definition) is 5. The van der Waals surface area contributed by atoms with Gasteiger partial charge in [0.15, 0.2) is 0 Å². The number of benzene rings is 2. The first-order valence-electron chi connectivity index (χ1n) is 9.80. The summed E-state index contributed by atoms with van der Waals surface area (Å²) in [6.07, 6.45) is 5.09. The molecule has 0 atom stereocenters. The number of carbonyl (C=O) groups excluding carboxylic acids is 1. The van der Waals surface area contributed by atoms with Crippen LogP contribution in [0.4, 0.5) is 5.82 Å². The quantitative estimate of drug-likeness (QED) is 0.635. The van der Waals surface area contributed by atoms with Crippen LogP contribution in [-0.2, 0) is 0 Å². The fraction of sp³-hybridized carbons (Fsp3) is 0.208. The Morgan fingerprint density at radius 2 is 1.80 bits per heavy atom. The zero-order chi connectivity index (χ0) is 20.8. The molecule has 4 rings (SSSR count). The van der Waals surface area contributed by atoms with Gasteiger partial charge in [0.05, 0.1) is 18.9 Å². The van der Waals surface area contributed by atoms with Crippen LogP contribution in [0.5, 0.6) is 5.75 Å². The molecule has 6 heteroatoms. The minimum Gasteiger partial charge on any atom is -0.495 e. The van der Waals surface area contributed by atoms with Crippen LogP contribution in [0.1, 0.15) is 21.5 Å². The molecule has 0 spiro atoms. The van der Waals surface area contributed by atoms with Gasteiger partial charge in [0.1, 0.15) is 11.6 Å². The SMILES string of the molecule is COc1ccc(C(=O)N2CCN(c3cnccn3)CC2)cc1C#Cc1ccccc1. The van der Waals surface area contributed by atoms with Crippen LogP contribution in [0.2, 0.25) is 0 Å². The number of rotatable bonds is 3. The Morgan fingerprint density at radius 3 is 2.50 bits per heavy atom. The van der Waals surface area contributed by atoms with Crippen LogP contribution in [0.15, 0.2) is 67.1 Å². The van der Waals surface area contributed by atoms with Crippen molar-refractivity contribution >= 4 is 11.7 Å². The molecule has 1 aliphatic rings. The highest BCUT2D eigenvalue weighted by molar-refractivity contribution is 5.95. The maximum absolute atomic E-state index is 13.1. The Bertz CT molecular complexity index is 1070. The molecule has 3 aromatic rings. The Labute approximate surface area is 176 Å². The van der Waals surface area contributed by atoms with E-state index in [0.717, 1.165) is 24.5 Å². The highest BCUT2D eigenvalue weighted by Gasteiger charge is 2.23. The zero-order valence-electron chi connectivity index (χ0n) is 16.8. The third kappa shape index (κ3) is 4.41. The predicted molar refractivity (Wildman–Crippen MR) is 116 cm³/mol. The first-order chi connectivity index (χ1) is 14.7. The van der Waals surface area contributed by atoms with Gasteiger partial charge >= 0.3 is 0 Å². The second-order valence-electron chi connectivity index (χ2n) is 6.87. The molecule has 1 aliphatic heterocycles. The maximum atomic E-state index is 13.1. The van der Waals surface area contributed by atoms with Crippen LogP contribution in [-0.4, -0.2) is 54.1 Å². The number of hydrogen-bond donors (Lipinski definition) is 0. The third-order valence-corrected chi connectivity index (χ3v) is 5.00. The minimum atomic E-state index is -0.000731. The molecule has 0 saturated carbocycles. The van der Waals surface area contributed by atoms with Gasteiger partial charge in [0.2, 0.25) is 0 Å². The second kappa shape index (κ2) is 9.10. The summed E-state index contributed by atoms with van der Waals surface area (Å²) < 4.78 is 5.43. The fourth-order valence-corrected chi connectivity index (χ4v) is 3.38. The number of anilines is 1. The van der Waals surface area contributed by atoms with E-state index < -0.39 is 0 Å². The standard InChI is InChI=1S/C24H22N4O2/c1-30-22-10-9-21(17-20(22)8-7-19-5-3-2-4-6-19)24(29)28-15-13-27(14-16-28)23-18-25-11-12-26-23/h2-6,9-12,17-18H,13-16H2,1H3. The van der Waals surface area contributed by atoms with E-state index in [1.165, 1.54) is 0 Å². The normalized spacial score (nSPS) is 13.4. The van der Waals surface area contributed by atoms with E-state index in [-0.39, 0.29) is 5.91 Å². The van der Waals surface area contributed by atoms with Crippen molar-refractivity contribution in [2.75, 3.05) is 38.2 Å². The van der Waals surface area contributed by atoms with Gasteiger partial charge in [-0.25, -0.2) is 4.98 Å². The van der Waals surface area contributed by atoms with E-state index in [0.29, 0.717) is 30.0 Å². The van der Waals surface area contributed by atoms with E-state index in [4.69, 9.17) is 4.74 Å². The summed E-state index contributed by atoms with van der Waals surface area (Å²) in [6, 6.07) is 15.2. The highest BCUT2D eigenvalue weighted by atomic mass is 16.5. The van der Waals surface area contributed by atoms with Crippen molar-refractivity contribution in [1.82, 2.24) is 14.9 Å². The Hall–Kier alpha value is -3.85. The van der Waals surface area contributed by atoms with Crippen LogP contribution >= 0.6 is 0 Å². The molecular weight excluding hydrogens is 376 g/mol. The smallest absolute Gasteiger partial charge is 0.254 e. The summed E-state index contributed by atoms with van der Waals surface area (Å²) in [7, 11) is 1.61. The monoisotopic (exact) mass is 398 g/mol. The molecule has 1 fully saturated rings. The largest absolute Gasteiger partial charge is 0.495 e. The molecule has 1 amide bonds. The summed E-state index contributed by atoms with van der Waals surface area (Å²) in [5, 5.41) is 0. The molecule has 0 bridgehead atoms. The Balaban J connectivity index is 1.49. The number of carbonyl (C=O) groups is 1. The third-order valence-electron chi connectivity index (χ3n) is 5.00. The van der Waals surface area contributed by atoms with E-state index in [1.807, 2.05) is 41.3 Å². The van der Waals surface area contributed by atoms with Crippen molar-refractivity contribution in [3.63, 3.8) is 0 Å². The van der Waals surface area contributed by atoms with E-state index in [1.54, 1.807) is 37.8 Å². The minimum absolute atomic E-state index is 0.000731. The highest BCUT2D eigenvalue weighted by Crippen LogP contribution is 2.21. The van der Waals surface area contributed by atoms with Gasteiger partial charge in [-0.1, -0.05) is 30.0 Å². The summed E-state index contributed by atoms with van der Waals surface area (Å²) in [5.74, 6) is 7.76. The van der Waals surface area contributed by atoms with Crippen molar-refractivity contribution < 1.29 is 9.53 Å². The summed E-state index contributed by atoms with van der Waals surface area (Å²) in [5.41, 5.74) is 2.22. The van der Waals surface area contributed by atoms with Crippen molar-refractivity contribution in [2.45, 2.75) is 0 Å². The lowest BCUT2D eigenvalue weighted by atomic mass is 10.1. The fourth-order valence-electron chi connectivity index (χ4n) is 3.38. The van der Waals surface area contributed by atoms with E-state index in [2.05, 4.69) is 26.7 Å². The number of aromatic nitrogens is 2. The first-order valence-corrected chi connectivity index (χ1v) is 9.80. The predicted octanol–water partition coefficient (Wildman–Crippen LogP) is 2.85. The molecule has 2 heterocycles. The molecule has 0 unspecified atom stereocenters. The van der Waals surface area contributed by atoms with Crippen molar-refractivity contribution in [3.05, 3.63) is 83.8 Å². The molecule has 0 radical (unpaired) electrons. The lowest BCUT2D eigenvalue weighted by Crippen LogP contribution is -2.49. The van der Waals surface area contributed by atoms with Gasteiger partial charge in [0.25, 0.3) is 5.91 Å². The zero-order valence-corrected chi connectivity index (χ0v) is 16.8. The summed E-state index contributed by atoms with van der Waals surface area (Å²) >= 11 is 0. The summed E-state index contributed by atoms with van der Waals surface area (Å²) in [6.45, 7) is 2.71. The Kier molecular flexibility index (Phi) is 5.90. The molecular formula is C24H22N4O2. The Morgan fingerprint density at radius 1 is 1.00 bits per heavy atom. The van der Waals surface area contributed by atoms with E-state index in [9.17, 15) is 4.79 Å². The number of amides is 1. The summed E-state index contributed by atoms with van der Waals surface area (Å²) in [4.78, 5) is 25.5. The molecule has 150 valence electrons. The average Bonchev–Trinajstić information content (AvgIpc) is 2.83. The van der Waals surface area contributed by atoms with Gasteiger partial charge < -0.3 is 14.5 Å². The van der Waals surface area contributed by atoms with Crippen molar-refractivity contribution in [1.29, 1.82) is 0 Å². The molecule has 1 aromatic heterocycles. The number of piperazine rings is 1. The lowest BCUT2D eigenvalue weighted by molar-refractivity contribution is 0.0746. The number of ether oxygens (including phenoxy) is 1. The van der Waals surface area contributed by atoms with Gasteiger partial charge in [-0.2, -0.15) is 0 Å². The molecule has 0 N–H and O–H groups in total. The molecule has 2 aromatic carbocycles. The van der Waals surface area contributed by atoms with E-state index >= 15 is 0 Å². The maximum Gasteiger partial charge on any atom is 0.254 e. The van der Waals surface area contributed by atoms with Gasteiger partial charge in [0, 0.05) is 49.7 Å². The number of nitrogens with zero attached hydrogens (tertiary/aromatic N) is 4. The molecule has 0 aliphatic carbocycles. The first kappa shape index (κ1) is 19.5. The van der Waals surface area contributed by atoms with Crippen LogP contribution in [0.25, 0.3) is 0 Å². The molecule has 30 heavy (non-hydrogen) atoms. The number of methoxy groups -OCH3 is 1. The van der Waals surface area contributed by atoms with Crippen LogP contribution in [0.3, 0.4) is 0 Å². The van der Waals surface area contributed by atoms with Crippen molar-refractivity contribution in [3.8, 4) is 17.6 Å². The van der Waals surface area contributed by atoms with Crippen molar-refractivity contribution in [2.24, 2.45) is 0 Å². The molecule has 1 saturated heterocycles. The second-order valence-corrected chi connectivity index (χ2v) is 6.87. The van der Waals surface area contributed by atoms with Gasteiger partial charge in [-0.3, -0.25) is 9.78 Å². The average molecular weight is 398 g/mol.